The lowest BCUT2D eigenvalue weighted by Gasteiger charge is -2.43. The number of nitrogens with zero attached hydrogens (tertiary/aromatic N) is 3. The van der Waals surface area contributed by atoms with Crippen LogP contribution in [-0.4, -0.2) is 54.7 Å². The van der Waals surface area contributed by atoms with E-state index in [1.807, 2.05) is 26.0 Å². The van der Waals surface area contributed by atoms with Gasteiger partial charge >= 0.3 is 0 Å². The highest BCUT2D eigenvalue weighted by molar-refractivity contribution is 7.11. The first kappa shape index (κ1) is 24.6. The van der Waals surface area contributed by atoms with Gasteiger partial charge in [0.1, 0.15) is 0 Å². The minimum Gasteiger partial charge on any atom is -0.493 e. The SMILES string of the molecule is COc1ccc(N2CCN(C(=O)Cc3sc(C)nc3C)C(Cc3ccccc3)C2)cc1OC1CCC1. The molecule has 36 heavy (non-hydrogen) atoms. The fourth-order valence-electron chi connectivity index (χ4n) is 5.08. The van der Waals surface area contributed by atoms with Crippen LogP contribution in [0.4, 0.5) is 5.69 Å². The van der Waals surface area contributed by atoms with Crippen LogP contribution in [0.25, 0.3) is 0 Å². The van der Waals surface area contributed by atoms with E-state index in [-0.39, 0.29) is 18.1 Å². The summed E-state index contributed by atoms with van der Waals surface area (Å²) in [6, 6.07) is 16.8. The van der Waals surface area contributed by atoms with E-state index >= 15 is 0 Å². The Kier molecular flexibility index (Phi) is 7.46. The monoisotopic (exact) mass is 505 g/mol. The number of carbonyl (C=O) groups is 1. The van der Waals surface area contributed by atoms with Gasteiger partial charge in [0.05, 0.1) is 36.4 Å². The van der Waals surface area contributed by atoms with Crippen LogP contribution in [0.1, 0.15) is 40.4 Å². The van der Waals surface area contributed by atoms with Gasteiger partial charge in [-0.15, -0.1) is 11.3 Å². The lowest BCUT2D eigenvalue weighted by atomic mass is 9.96. The Bertz CT molecular complexity index is 1190. The quantitative estimate of drug-likeness (QED) is 0.421. The smallest absolute Gasteiger partial charge is 0.228 e. The predicted molar refractivity (Wildman–Crippen MR) is 144 cm³/mol. The molecule has 190 valence electrons. The summed E-state index contributed by atoms with van der Waals surface area (Å²) in [5.41, 5.74) is 3.33. The molecule has 0 N–H and O–H groups in total. The number of benzene rings is 2. The second kappa shape index (κ2) is 10.9. The highest BCUT2D eigenvalue weighted by Crippen LogP contribution is 2.36. The minimum absolute atomic E-state index is 0.0843. The topological polar surface area (TPSA) is 54.9 Å². The van der Waals surface area contributed by atoms with Gasteiger partial charge in [-0.25, -0.2) is 4.98 Å². The molecule has 2 fully saturated rings. The van der Waals surface area contributed by atoms with Crippen molar-refractivity contribution in [1.29, 1.82) is 0 Å². The van der Waals surface area contributed by atoms with E-state index in [1.165, 1.54) is 12.0 Å². The zero-order valence-electron chi connectivity index (χ0n) is 21.4. The highest BCUT2D eigenvalue weighted by Gasteiger charge is 2.32. The summed E-state index contributed by atoms with van der Waals surface area (Å²) in [7, 11) is 1.69. The molecule has 3 aromatic rings. The molecule has 1 saturated carbocycles. The molecule has 0 spiro atoms. The molecule has 1 aliphatic heterocycles. The number of hydrogen-bond acceptors (Lipinski definition) is 6. The number of methoxy groups -OCH3 is 1. The maximum atomic E-state index is 13.5. The first-order chi connectivity index (χ1) is 17.5. The largest absolute Gasteiger partial charge is 0.493 e. The lowest BCUT2D eigenvalue weighted by Crippen LogP contribution is -2.56. The fourth-order valence-corrected chi connectivity index (χ4v) is 6.01. The fraction of sp³-hybridized carbons (Fsp3) is 0.448. The van der Waals surface area contributed by atoms with Crippen LogP contribution < -0.4 is 14.4 Å². The Labute approximate surface area is 217 Å². The Morgan fingerprint density at radius 2 is 1.89 bits per heavy atom. The summed E-state index contributed by atoms with van der Waals surface area (Å²) in [5.74, 6) is 1.77. The van der Waals surface area contributed by atoms with Gasteiger partial charge in [-0.2, -0.15) is 0 Å². The van der Waals surface area contributed by atoms with Gasteiger partial charge < -0.3 is 19.3 Å². The third-order valence-electron chi connectivity index (χ3n) is 7.29. The summed E-state index contributed by atoms with van der Waals surface area (Å²) in [5, 5.41) is 1.01. The van der Waals surface area contributed by atoms with Gasteiger partial charge in [0.2, 0.25) is 5.91 Å². The number of piperazine rings is 1. The number of aromatic nitrogens is 1. The molecule has 2 heterocycles. The lowest BCUT2D eigenvalue weighted by molar-refractivity contribution is -0.133. The van der Waals surface area contributed by atoms with Crippen LogP contribution >= 0.6 is 11.3 Å². The van der Waals surface area contributed by atoms with E-state index in [2.05, 4.69) is 51.2 Å². The molecule has 1 saturated heterocycles. The Morgan fingerprint density at radius 3 is 2.56 bits per heavy atom. The van der Waals surface area contributed by atoms with Gasteiger partial charge in [-0.3, -0.25) is 4.79 Å². The van der Waals surface area contributed by atoms with Crippen LogP contribution in [0.15, 0.2) is 48.5 Å². The maximum Gasteiger partial charge on any atom is 0.228 e. The standard InChI is InChI=1S/C29H35N3O3S/c1-20-28(36-21(2)30-20)18-29(33)32-15-14-31(19-24(32)16-22-8-5-4-6-9-22)23-12-13-26(34-3)27(17-23)35-25-10-7-11-25/h4-6,8-9,12-13,17,24-25H,7,10-11,14-16,18-19H2,1-3H3. The molecular formula is C29H35N3O3S. The van der Waals surface area contributed by atoms with Gasteiger partial charge in [0.15, 0.2) is 11.5 Å². The second-order valence-corrected chi connectivity index (χ2v) is 11.1. The summed E-state index contributed by atoms with van der Waals surface area (Å²) in [4.78, 5) is 23.6. The van der Waals surface area contributed by atoms with Gasteiger partial charge in [-0.1, -0.05) is 30.3 Å². The average Bonchev–Trinajstić information content (AvgIpc) is 3.18. The molecule has 5 rings (SSSR count). The normalized spacial score (nSPS) is 18.1. The molecule has 7 heteroatoms. The number of aryl methyl sites for hydroxylation is 2. The Morgan fingerprint density at radius 1 is 1.08 bits per heavy atom. The predicted octanol–water partition coefficient (Wildman–Crippen LogP) is 5.20. The first-order valence-corrected chi connectivity index (χ1v) is 13.7. The number of hydrogen-bond donors (Lipinski definition) is 0. The van der Waals surface area contributed by atoms with Gasteiger partial charge in [0.25, 0.3) is 0 Å². The average molecular weight is 506 g/mol. The van der Waals surface area contributed by atoms with Crippen molar-refractivity contribution in [3.8, 4) is 11.5 Å². The van der Waals surface area contributed by atoms with Gasteiger partial charge in [0, 0.05) is 36.3 Å². The van der Waals surface area contributed by atoms with Crippen molar-refractivity contribution in [3.63, 3.8) is 0 Å². The summed E-state index contributed by atoms with van der Waals surface area (Å²) < 4.78 is 11.8. The molecule has 0 bridgehead atoms. The van der Waals surface area contributed by atoms with E-state index in [4.69, 9.17) is 9.47 Å². The first-order valence-electron chi connectivity index (χ1n) is 12.9. The summed E-state index contributed by atoms with van der Waals surface area (Å²) in [6.07, 6.45) is 4.96. The Hall–Kier alpha value is -3.06. The molecule has 1 aromatic heterocycles. The van der Waals surface area contributed by atoms with Crippen molar-refractivity contribution in [2.24, 2.45) is 0 Å². The van der Waals surface area contributed by atoms with Crippen molar-refractivity contribution in [2.75, 3.05) is 31.6 Å². The van der Waals surface area contributed by atoms with E-state index in [0.29, 0.717) is 13.0 Å². The minimum atomic E-state index is 0.0843. The third kappa shape index (κ3) is 5.51. The number of thiazole rings is 1. The zero-order chi connectivity index (χ0) is 25.1. The number of anilines is 1. The van der Waals surface area contributed by atoms with Crippen LogP contribution in [0.5, 0.6) is 11.5 Å². The van der Waals surface area contributed by atoms with Crippen LogP contribution in [-0.2, 0) is 17.6 Å². The van der Waals surface area contributed by atoms with Crippen molar-refractivity contribution < 1.29 is 14.3 Å². The Balaban J connectivity index is 1.36. The molecule has 1 aliphatic carbocycles. The van der Waals surface area contributed by atoms with E-state index in [1.54, 1.807) is 18.4 Å². The van der Waals surface area contributed by atoms with E-state index in [0.717, 1.165) is 65.1 Å². The number of ether oxygens (including phenoxy) is 2. The van der Waals surface area contributed by atoms with Crippen molar-refractivity contribution >= 4 is 22.9 Å². The van der Waals surface area contributed by atoms with Crippen LogP contribution in [0, 0.1) is 13.8 Å². The van der Waals surface area contributed by atoms with E-state index < -0.39 is 0 Å². The molecular weight excluding hydrogens is 470 g/mol. The highest BCUT2D eigenvalue weighted by atomic mass is 32.1. The van der Waals surface area contributed by atoms with Crippen molar-refractivity contribution in [2.45, 2.75) is 58.1 Å². The molecule has 0 radical (unpaired) electrons. The molecule has 1 unspecified atom stereocenters. The maximum absolute atomic E-state index is 13.5. The third-order valence-corrected chi connectivity index (χ3v) is 8.36. The van der Waals surface area contributed by atoms with Crippen molar-refractivity contribution in [1.82, 2.24) is 9.88 Å². The van der Waals surface area contributed by atoms with Gasteiger partial charge in [-0.05, 0) is 57.2 Å². The molecule has 2 aliphatic rings. The van der Waals surface area contributed by atoms with Crippen molar-refractivity contribution in [3.05, 3.63) is 69.7 Å². The second-order valence-electron chi connectivity index (χ2n) is 9.80. The summed E-state index contributed by atoms with van der Waals surface area (Å²) >= 11 is 1.63. The number of carbonyl (C=O) groups excluding carboxylic acids is 1. The van der Waals surface area contributed by atoms with Crippen LogP contribution in [0.2, 0.25) is 0 Å². The van der Waals surface area contributed by atoms with E-state index in [9.17, 15) is 4.79 Å². The number of rotatable bonds is 8. The van der Waals surface area contributed by atoms with Crippen LogP contribution in [0.3, 0.4) is 0 Å². The molecule has 1 amide bonds. The number of amides is 1. The summed E-state index contributed by atoms with van der Waals surface area (Å²) in [6.45, 7) is 6.25. The molecule has 6 nitrogen and oxygen atoms in total. The zero-order valence-corrected chi connectivity index (χ0v) is 22.2. The molecule has 2 aromatic carbocycles. The molecule has 1 atom stereocenters.